The van der Waals surface area contributed by atoms with Gasteiger partial charge < -0.3 is 24.9 Å². The molecule has 1 unspecified atom stereocenters. The maximum Gasteiger partial charge on any atom is 0.171 e. The fourth-order valence-electron chi connectivity index (χ4n) is 4.87. The predicted octanol–water partition coefficient (Wildman–Crippen LogP) is 3.10. The van der Waals surface area contributed by atoms with Crippen LogP contribution in [-0.2, 0) is 16.0 Å². The first-order valence-corrected chi connectivity index (χ1v) is 12.5. The number of nitrogens with zero attached hydrogens (tertiary/aromatic N) is 2. The summed E-state index contributed by atoms with van der Waals surface area (Å²) in [6.07, 6.45) is 5.97. The molecule has 3 atom stereocenters. The third-order valence-electron chi connectivity index (χ3n) is 6.74. The maximum absolute atomic E-state index is 12.2. The van der Waals surface area contributed by atoms with E-state index >= 15 is 0 Å². The van der Waals surface area contributed by atoms with Crippen molar-refractivity contribution >= 4 is 27.2 Å². The van der Waals surface area contributed by atoms with Crippen LogP contribution >= 0.6 is 0 Å². The van der Waals surface area contributed by atoms with E-state index in [9.17, 15) is 15.0 Å². The highest BCUT2D eigenvalue weighted by Crippen LogP contribution is 2.36. The molecule has 0 spiro atoms. The first-order chi connectivity index (χ1) is 17.0. The van der Waals surface area contributed by atoms with Crippen molar-refractivity contribution in [1.29, 1.82) is 0 Å². The number of phenols is 1. The summed E-state index contributed by atoms with van der Waals surface area (Å²) >= 11 is 0. The summed E-state index contributed by atoms with van der Waals surface area (Å²) in [5.74, 6) is 0.0484. The molecule has 0 aliphatic carbocycles. The van der Waals surface area contributed by atoms with Gasteiger partial charge in [-0.2, -0.15) is 0 Å². The number of rotatable bonds is 12. The van der Waals surface area contributed by atoms with Gasteiger partial charge in [0.15, 0.2) is 11.4 Å². The van der Waals surface area contributed by atoms with Crippen molar-refractivity contribution in [3.63, 3.8) is 0 Å². The number of ketones is 1. The zero-order valence-corrected chi connectivity index (χ0v) is 20.7. The number of para-hydroxylation sites is 1. The fourth-order valence-corrected chi connectivity index (χ4v) is 5.16. The molecule has 3 aromatic rings. The first kappa shape index (κ1) is 25.2. The van der Waals surface area contributed by atoms with E-state index < -0.39 is 6.04 Å². The molecule has 8 nitrogen and oxygen atoms in total. The lowest BCUT2D eigenvalue weighted by Crippen LogP contribution is -2.34. The first-order valence-electron chi connectivity index (χ1n) is 12.0. The second kappa shape index (κ2) is 11.7. The summed E-state index contributed by atoms with van der Waals surface area (Å²) in [6, 6.07) is 8.63. The van der Waals surface area contributed by atoms with Crippen molar-refractivity contribution in [3.05, 3.63) is 54.2 Å². The van der Waals surface area contributed by atoms with Gasteiger partial charge in [0.1, 0.15) is 16.2 Å². The second-order valence-electron chi connectivity index (χ2n) is 8.96. The molecule has 0 amide bonds. The van der Waals surface area contributed by atoms with E-state index in [-0.39, 0.29) is 30.2 Å². The molecule has 3 radical (unpaired) electrons. The van der Waals surface area contributed by atoms with Gasteiger partial charge in [0.05, 0.1) is 17.8 Å². The molecule has 9 heteroatoms. The lowest BCUT2D eigenvalue weighted by molar-refractivity contribution is -0.116. The minimum absolute atomic E-state index is 0.0145. The van der Waals surface area contributed by atoms with Crippen molar-refractivity contribution < 1.29 is 19.7 Å². The number of benzene rings is 1. The van der Waals surface area contributed by atoms with E-state index in [1.165, 1.54) is 6.08 Å². The Labute approximate surface area is 208 Å². The van der Waals surface area contributed by atoms with Crippen LogP contribution in [0.25, 0.3) is 22.3 Å². The van der Waals surface area contributed by atoms with Crippen molar-refractivity contribution in [3.8, 4) is 17.0 Å². The number of aromatic hydroxyl groups is 1. The fraction of sp³-hybridized carbons (Fsp3) is 0.423. The van der Waals surface area contributed by atoms with Gasteiger partial charge in [0.25, 0.3) is 0 Å². The number of H-pyrrole nitrogens is 1. The number of hydrogen-bond acceptors (Lipinski definition) is 7. The monoisotopic (exact) mass is 491 g/mol. The van der Waals surface area contributed by atoms with Crippen molar-refractivity contribution in [2.45, 2.75) is 56.6 Å². The van der Waals surface area contributed by atoms with E-state index in [0.29, 0.717) is 42.6 Å². The number of aliphatic hydroxyl groups excluding tert-OH is 1. The van der Waals surface area contributed by atoms with Crippen LogP contribution in [0.5, 0.6) is 5.75 Å². The molecule has 2 aromatic heterocycles. The largest absolute Gasteiger partial charge is 0.507 e. The number of ether oxygens (including phenoxy) is 1. The van der Waals surface area contributed by atoms with Crippen LogP contribution in [0, 0.1) is 0 Å². The number of nitrogens with one attached hydrogen (secondary N) is 2. The molecule has 1 fully saturated rings. The Morgan fingerprint density at radius 1 is 1.31 bits per heavy atom. The van der Waals surface area contributed by atoms with Gasteiger partial charge in [-0.3, -0.25) is 4.79 Å². The molecule has 0 saturated carbocycles. The molecule has 1 aliphatic rings. The van der Waals surface area contributed by atoms with Gasteiger partial charge in [-0.05, 0) is 61.9 Å². The highest BCUT2D eigenvalue weighted by Gasteiger charge is 2.27. The average Bonchev–Trinajstić information content (AvgIpc) is 3.52. The standard InChI is InChI=1S/C26H31N4O4Si/c1-2-23(32)21(30-35)10-9-16(11-12-31)25-19(14-17-6-5-13-34-17)20-15-22(28-29-26(20)27-25)18-7-3-4-8-24(18)33/h2-4,7-8,15-17,21,30-31,33H,1,5-6,9-14H2,(H,27,29)/t16-,17+,21?/m1/s1. The average molecular weight is 492 g/mol. The molecule has 0 bridgehead atoms. The number of hydrogen-bond donors (Lipinski definition) is 4. The van der Waals surface area contributed by atoms with Crippen molar-refractivity contribution in [1.82, 2.24) is 20.2 Å². The third-order valence-corrected chi connectivity index (χ3v) is 7.09. The van der Waals surface area contributed by atoms with Crippen LogP contribution < -0.4 is 4.98 Å². The molecule has 3 heterocycles. The predicted molar refractivity (Wildman–Crippen MR) is 135 cm³/mol. The Morgan fingerprint density at radius 3 is 2.83 bits per heavy atom. The van der Waals surface area contributed by atoms with Crippen LogP contribution in [0.1, 0.15) is 49.3 Å². The summed E-state index contributed by atoms with van der Waals surface area (Å²) in [5.41, 5.74) is 3.95. The summed E-state index contributed by atoms with van der Waals surface area (Å²) in [5, 5.41) is 29.9. The Bertz CT molecular complexity index is 1180. The maximum atomic E-state index is 12.2. The van der Waals surface area contributed by atoms with Gasteiger partial charge in [-0.25, -0.2) is 0 Å². The van der Waals surface area contributed by atoms with Crippen LogP contribution in [0.15, 0.2) is 43.0 Å². The molecular weight excluding hydrogens is 460 g/mol. The topological polar surface area (TPSA) is 120 Å². The molecule has 1 aromatic carbocycles. The molecule has 1 saturated heterocycles. The third kappa shape index (κ3) is 5.70. The van der Waals surface area contributed by atoms with Crippen LogP contribution in [0.4, 0.5) is 0 Å². The Kier molecular flexibility index (Phi) is 8.45. The quantitative estimate of drug-likeness (QED) is 0.227. The summed E-state index contributed by atoms with van der Waals surface area (Å²) in [7, 11) is 3.26. The lowest BCUT2D eigenvalue weighted by Gasteiger charge is -2.21. The van der Waals surface area contributed by atoms with Crippen LogP contribution in [0.2, 0.25) is 0 Å². The zero-order valence-electron chi connectivity index (χ0n) is 19.7. The summed E-state index contributed by atoms with van der Waals surface area (Å²) in [4.78, 5) is 18.5. The Hall–Kier alpha value is -2.85. The SMILES string of the molecule is C=CC(=O)C(CC[C@H](CCO)c1[nH]c2nnc(-c3ccccc3O)cc2c1C[C@@H]1CCCO1)N[Si]. The number of carbonyl (C=O) groups excluding carboxylic acids is 1. The molecule has 4 rings (SSSR count). The molecule has 1 aliphatic heterocycles. The number of aromatic amines is 1. The number of aromatic nitrogens is 3. The van der Waals surface area contributed by atoms with Gasteiger partial charge in [-0.15, -0.1) is 10.2 Å². The van der Waals surface area contributed by atoms with E-state index in [2.05, 4.69) is 37.1 Å². The van der Waals surface area contributed by atoms with E-state index in [1.807, 2.05) is 18.2 Å². The number of fused-ring (bicyclic) bond motifs is 1. The van der Waals surface area contributed by atoms with Gasteiger partial charge in [0, 0.05) is 42.2 Å². The highest BCUT2D eigenvalue weighted by atomic mass is 28.2. The van der Waals surface area contributed by atoms with Crippen LogP contribution in [0.3, 0.4) is 0 Å². The highest BCUT2D eigenvalue weighted by molar-refractivity contribution is 6.08. The van der Waals surface area contributed by atoms with E-state index in [0.717, 1.165) is 36.1 Å². The number of phenolic OH excluding ortho intramolecular Hbond substituents is 1. The van der Waals surface area contributed by atoms with E-state index in [1.54, 1.807) is 12.1 Å². The normalized spacial score (nSPS) is 17.5. The Balaban J connectivity index is 1.74. The van der Waals surface area contributed by atoms with Gasteiger partial charge in [0.2, 0.25) is 0 Å². The Morgan fingerprint density at radius 2 is 2.14 bits per heavy atom. The molecule has 35 heavy (non-hydrogen) atoms. The molecular formula is C26H31N4O4Si. The van der Waals surface area contributed by atoms with Gasteiger partial charge >= 0.3 is 0 Å². The molecule has 183 valence electrons. The number of carbonyl (C=O) groups is 1. The summed E-state index contributed by atoms with van der Waals surface area (Å²) in [6.45, 7) is 4.37. The van der Waals surface area contributed by atoms with Crippen molar-refractivity contribution in [2.24, 2.45) is 0 Å². The minimum atomic E-state index is -0.399. The number of aliphatic hydroxyl groups is 1. The van der Waals surface area contributed by atoms with Crippen LogP contribution in [-0.4, -0.2) is 66.9 Å². The molecule has 4 N–H and O–H groups in total. The van der Waals surface area contributed by atoms with E-state index in [4.69, 9.17) is 4.74 Å². The minimum Gasteiger partial charge on any atom is -0.507 e. The smallest absolute Gasteiger partial charge is 0.171 e. The second-order valence-corrected chi connectivity index (χ2v) is 9.24. The lowest BCUT2D eigenvalue weighted by atomic mass is 9.88. The summed E-state index contributed by atoms with van der Waals surface area (Å²) < 4.78 is 5.95. The van der Waals surface area contributed by atoms with Gasteiger partial charge in [-0.1, -0.05) is 18.7 Å². The zero-order chi connectivity index (χ0) is 24.8. The van der Waals surface area contributed by atoms with Crippen molar-refractivity contribution in [2.75, 3.05) is 13.2 Å².